The van der Waals surface area contributed by atoms with E-state index in [0.29, 0.717) is 6.54 Å². The minimum atomic E-state index is -0.442. The van der Waals surface area contributed by atoms with Crippen molar-refractivity contribution in [3.8, 4) is 0 Å². The minimum Gasteiger partial charge on any atom is -0.465 e. The van der Waals surface area contributed by atoms with Crippen molar-refractivity contribution >= 4 is 5.91 Å². The number of nitrogens with one attached hydrogen (secondary N) is 1. The number of amides is 1. The Kier molecular flexibility index (Phi) is 6.03. The van der Waals surface area contributed by atoms with Crippen LogP contribution in [0, 0.1) is 12.8 Å². The van der Waals surface area contributed by atoms with Crippen LogP contribution in [0.5, 0.6) is 0 Å². The third kappa shape index (κ3) is 4.11. The van der Waals surface area contributed by atoms with E-state index >= 15 is 0 Å². The van der Waals surface area contributed by atoms with Crippen LogP contribution in [0.3, 0.4) is 0 Å². The van der Waals surface area contributed by atoms with Crippen LogP contribution < -0.4 is 11.1 Å². The van der Waals surface area contributed by atoms with Crippen LogP contribution >= 0.6 is 0 Å². The first-order valence-corrected chi connectivity index (χ1v) is 8.36. The number of carbonyl (C=O) groups is 1. The van der Waals surface area contributed by atoms with Gasteiger partial charge in [0.1, 0.15) is 11.5 Å². The summed E-state index contributed by atoms with van der Waals surface area (Å²) in [5.74, 6) is 1.96. The lowest BCUT2D eigenvalue weighted by Crippen LogP contribution is -2.47. The molecule has 0 aromatic carbocycles. The summed E-state index contributed by atoms with van der Waals surface area (Å²) < 4.78 is 5.80. The maximum absolute atomic E-state index is 12.2. The van der Waals surface area contributed by atoms with Gasteiger partial charge in [0, 0.05) is 6.54 Å². The second kappa shape index (κ2) is 7.79. The monoisotopic (exact) mass is 307 g/mol. The summed E-state index contributed by atoms with van der Waals surface area (Å²) in [5, 5.41) is 3.02. The van der Waals surface area contributed by atoms with E-state index in [1.165, 1.54) is 12.8 Å². The summed E-state index contributed by atoms with van der Waals surface area (Å²) in [6, 6.07) is 3.65. The van der Waals surface area contributed by atoms with Crippen molar-refractivity contribution in [2.45, 2.75) is 52.1 Å². The molecule has 1 aliphatic heterocycles. The van der Waals surface area contributed by atoms with Gasteiger partial charge in [-0.15, -0.1) is 0 Å². The maximum atomic E-state index is 12.2. The largest absolute Gasteiger partial charge is 0.465 e. The highest BCUT2D eigenvalue weighted by atomic mass is 16.3. The van der Waals surface area contributed by atoms with E-state index < -0.39 is 6.04 Å². The molecular weight excluding hydrogens is 278 g/mol. The minimum absolute atomic E-state index is 0.0678. The molecule has 1 aromatic rings. The van der Waals surface area contributed by atoms with Crippen LogP contribution in [0.2, 0.25) is 0 Å². The van der Waals surface area contributed by atoms with Gasteiger partial charge in [-0.1, -0.05) is 20.3 Å². The van der Waals surface area contributed by atoms with Gasteiger partial charge in [0.25, 0.3) is 0 Å². The normalized spacial score (nSPS) is 19.8. The van der Waals surface area contributed by atoms with Crippen molar-refractivity contribution in [1.29, 1.82) is 0 Å². The van der Waals surface area contributed by atoms with Crippen molar-refractivity contribution in [3.05, 3.63) is 23.7 Å². The maximum Gasteiger partial charge on any atom is 0.237 e. The highest BCUT2D eigenvalue weighted by Crippen LogP contribution is 2.26. The zero-order valence-electron chi connectivity index (χ0n) is 14.0. The molecule has 1 fully saturated rings. The molecule has 2 rings (SSSR count). The lowest BCUT2D eigenvalue weighted by Gasteiger charge is -2.27. The first kappa shape index (κ1) is 17.0. The predicted molar refractivity (Wildman–Crippen MR) is 87.4 cm³/mol. The molecule has 1 aromatic heterocycles. The summed E-state index contributed by atoms with van der Waals surface area (Å²) >= 11 is 0. The van der Waals surface area contributed by atoms with E-state index in [0.717, 1.165) is 31.0 Å². The van der Waals surface area contributed by atoms with Gasteiger partial charge in [0.15, 0.2) is 0 Å². The number of nitrogens with zero attached hydrogens (tertiary/aromatic N) is 1. The Morgan fingerprint density at radius 1 is 1.41 bits per heavy atom. The van der Waals surface area contributed by atoms with E-state index in [2.05, 4.69) is 17.1 Å². The average molecular weight is 307 g/mol. The number of likely N-dealkylation sites (tertiary alicyclic amines) is 1. The van der Waals surface area contributed by atoms with Gasteiger partial charge < -0.3 is 15.5 Å². The topological polar surface area (TPSA) is 71.5 Å². The lowest BCUT2D eigenvalue weighted by atomic mass is 9.99. The Morgan fingerprint density at radius 2 is 2.09 bits per heavy atom. The fourth-order valence-corrected chi connectivity index (χ4v) is 2.92. The van der Waals surface area contributed by atoms with E-state index in [1.54, 1.807) is 0 Å². The molecule has 1 aliphatic rings. The molecule has 3 atom stereocenters. The van der Waals surface area contributed by atoms with Crippen LogP contribution in [-0.2, 0) is 4.79 Å². The quantitative estimate of drug-likeness (QED) is 0.810. The van der Waals surface area contributed by atoms with Crippen molar-refractivity contribution in [2.24, 2.45) is 11.7 Å². The molecule has 1 amide bonds. The molecule has 1 saturated heterocycles. The number of furan rings is 1. The molecule has 0 aliphatic carbocycles. The molecule has 3 unspecified atom stereocenters. The molecule has 0 saturated carbocycles. The number of aryl methyl sites for hydroxylation is 1. The Balaban J connectivity index is 1.99. The van der Waals surface area contributed by atoms with Crippen LogP contribution in [-0.4, -0.2) is 36.5 Å². The Morgan fingerprint density at radius 3 is 2.64 bits per heavy atom. The van der Waals surface area contributed by atoms with Crippen molar-refractivity contribution < 1.29 is 9.21 Å². The van der Waals surface area contributed by atoms with E-state index in [1.807, 2.05) is 26.0 Å². The second-order valence-electron chi connectivity index (χ2n) is 6.36. The molecule has 5 heteroatoms. The van der Waals surface area contributed by atoms with Gasteiger partial charge in [0.05, 0.1) is 12.1 Å². The van der Waals surface area contributed by atoms with Crippen molar-refractivity contribution in [1.82, 2.24) is 10.2 Å². The third-order valence-corrected chi connectivity index (χ3v) is 4.70. The summed E-state index contributed by atoms with van der Waals surface area (Å²) in [7, 11) is 0. The SMILES string of the molecule is CCC(C)C(N)C(=O)NCC(c1ccc(C)o1)N1CCCC1. The van der Waals surface area contributed by atoms with E-state index in [-0.39, 0.29) is 17.9 Å². The van der Waals surface area contributed by atoms with Crippen molar-refractivity contribution in [2.75, 3.05) is 19.6 Å². The first-order chi connectivity index (χ1) is 10.5. The smallest absolute Gasteiger partial charge is 0.237 e. The van der Waals surface area contributed by atoms with E-state index in [4.69, 9.17) is 10.2 Å². The van der Waals surface area contributed by atoms with Gasteiger partial charge in [0.2, 0.25) is 5.91 Å². The number of rotatable bonds is 7. The molecule has 5 nitrogen and oxygen atoms in total. The fourth-order valence-electron chi connectivity index (χ4n) is 2.92. The Hall–Kier alpha value is -1.33. The lowest BCUT2D eigenvalue weighted by molar-refractivity contribution is -0.123. The fraction of sp³-hybridized carbons (Fsp3) is 0.706. The highest BCUT2D eigenvalue weighted by molar-refractivity contribution is 5.81. The number of hydrogen-bond acceptors (Lipinski definition) is 4. The predicted octanol–water partition coefficient (Wildman–Crippen LogP) is 2.21. The van der Waals surface area contributed by atoms with Crippen molar-refractivity contribution in [3.63, 3.8) is 0 Å². The third-order valence-electron chi connectivity index (χ3n) is 4.70. The van der Waals surface area contributed by atoms with Gasteiger partial charge in [-0.2, -0.15) is 0 Å². The van der Waals surface area contributed by atoms with Gasteiger partial charge in [-0.05, 0) is 50.9 Å². The number of carbonyl (C=O) groups excluding carboxylic acids is 1. The molecular formula is C17H29N3O2. The number of nitrogens with two attached hydrogens (primary N) is 1. The van der Waals surface area contributed by atoms with Crippen LogP contribution in [0.25, 0.3) is 0 Å². The molecule has 0 bridgehead atoms. The standard InChI is InChI=1S/C17H29N3O2/c1-4-12(2)16(18)17(21)19-11-14(20-9-5-6-10-20)15-8-7-13(3)22-15/h7-8,12,14,16H,4-6,9-11,18H2,1-3H3,(H,19,21). The van der Waals surface area contributed by atoms with Gasteiger partial charge in [-0.25, -0.2) is 0 Å². The zero-order chi connectivity index (χ0) is 16.1. The van der Waals surface area contributed by atoms with Crippen LogP contribution in [0.15, 0.2) is 16.5 Å². The second-order valence-corrected chi connectivity index (χ2v) is 6.36. The Labute approximate surface area is 133 Å². The molecule has 22 heavy (non-hydrogen) atoms. The van der Waals surface area contributed by atoms with Gasteiger partial charge in [-0.3, -0.25) is 9.69 Å². The average Bonchev–Trinajstić information content (AvgIpc) is 3.18. The van der Waals surface area contributed by atoms with Crippen LogP contribution in [0.1, 0.15) is 50.7 Å². The van der Waals surface area contributed by atoms with Gasteiger partial charge >= 0.3 is 0 Å². The summed E-state index contributed by atoms with van der Waals surface area (Å²) in [6.07, 6.45) is 3.31. The Bertz CT molecular complexity index is 480. The van der Waals surface area contributed by atoms with E-state index in [9.17, 15) is 4.79 Å². The summed E-state index contributed by atoms with van der Waals surface area (Å²) in [5.41, 5.74) is 6.00. The molecule has 124 valence electrons. The summed E-state index contributed by atoms with van der Waals surface area (Å²) in [6.45, 7) is 8.67. The first-order valence-electron chi connectivity index (χ1n) is 8.36. The van der Waals surface area contributed by atoms with Crippen LogP contribution in [0.4, 0.5) is 0 Å². The zero-order valence-corrected chi connectivity index (χ0v) is 14.0. The molecule has 3 N–H and O–H groups in total. The molecule has 2 heterocycles. The molecule has 0 spiro atoms. The highest BCUT2D eigenvalue weighted by Gasteiger charge is 2.27. The molecule has 0 radical (unpaired) electrons. The summed E-state index contributed by atoms with van der Waals surface area (Å²) in [4.78, 5) is 14.6. The number of hydrogen-bond donors (Lipinski definition) is 2.